The van der Waals surface area contributed by atoms with E-state index < -0.39 is 15.6 Å². The Morgan fingerprint density at radius 3 is 2.60 bits per heavy atom. The van der Waals surface area contributed by atoms with Crippen molar-refractivity contribution in [3.63, 3.8) is 0 Å². The van der Waals surface area contributed by atoms with E-state index in [1.54, 1.807) is 10.9 Å². The van der Waals surface area contributed by atoms with Crippen LogP contribution in [-0.2, 0) is 16.6 Å². The van der Waals surface area contributed by atoms with Crippen LogP contribution in [0.3, 0.4) is 0 Å². The summed E-state index contributed by atoms with van der Waals surface area (Å²) >= 11 is 0. The molecule has 0 saturated heterocycles. The monoisotopic (exact) mass is 302 g/mol. The third-order valence-electron chi connectivity index (χ3n) is 3.16. The molecule has 0 bridgehead atoms. The summed E-state index contributed by atoms with van der Waals surface area (Å²) in [6, 6.07) is 0. The number of aromatic nitrogens is 2. The van der Waals surface area contributed by atoms with Gasteiger partial charge in [0.1, 0.15) is 4.90 Å². The van der Waals surface area contributed by atoms with Crippen molar-refractivity contribution in [1.82, 2.24) is 19.8 Å². The van der Waals surface area contributed by atoms with E-state index in [0.29, 0.717) is 6.54 Å². The van der Waals surface area contributed by atoms with Gasteiger partial charge in [0.05, 0.1) is 12.7 Å². The maximum atomic E-state index is 12.2. The predicted octanol–water partition coefficient (Wildman–Crippen LogP) is 1.35. The van der Waals surface area contributed by atoms with E-state index in [-0.39, 0.29) is 4.90 Å². The lowest BCUT2D eigenvalue weighted by Crippen LogP contribution is -2.42. The Labute approximate surface area is 122 Å². The molecular formula is C13H26N4O2S. The van der Waals surface area contributed by atoms with Crippen LogP contribution >= 0.6 is 0 Å². The number of hydrogen-bond donors (Lipinski definition) is 2. The quantitative estimate of drug-likeness (QED) is 0.675. The third-order valence-corrected chi connectivity index (χ3v) is 4.81. The van der Waals surface area contributed by atoms with Crippen LogP contribution in [0, 0.1) is 0 Å². The lowest BCUT2D eigenvalue weighted by Gasteiger charge is -2.23. The second kappa shape index (κ2) is 7.19. The lowest BCUT2D eigenvalue weighted by atomic mass is 10.0. The maximum Gasteiger partial charge on any atom is 0.244 e. The molecule has 0 aliphatic rings. The van der Waals surface area contributed by atoms with E-state index in [9.17, 15) is 8.42 Å². The molecule has 2 N–H and O–H groups in total. The summed E-state index contributed by atoms with van der Waals surface area (Å²) in [7, 11) is -3.50. The number of sulfonamides is 1. The van der Waals surface area contributed by atoms with Crippen molar-refractivity contribution in [2.45, 2.75) is 57.5 Å². The molecule has 0 unspecified atom stereocenters. The highest BCUT2D eigenvalue weighted by Gasteiger charge is 2.25. The molecule has 116 valence electrons. The summed E-state index contributed by atoms with van der Waals surface area (Å²) in [5.74, 6) is 0. The normalized spacial score (nSPS) is 12.8. The van der Waals surface area contributed by atoms with Gasteiger partial charge in [-0.1, -0.05) is 13.8 Å². The van der Waals surface area contributed by atoms with Gasteiger partial charge in [0.15, 0.2) is 0 Å². The second-order valence-electron chi connectivity index (χ2n) is 5.53. The van der Waals surface area contributed by atoms with Crippen molar-refractivity contribution >= 4 is 10.0 Å². The van der Waals surface area contributed by atoms with Crippen molar-refractivity contribution < 1.29 is 8.42 Å². The van der Waals surface area contributed by atoms with Crippen LogP contribution in [-0.4, -0.2) is 36.8 Å². The second-order valence-corrected chi connectivity index (χ2v) is 7.21. The van der Waals surface area contributed by atoms with Gasteiger partial charge in [-0.2, -0.15) is 5.10 Å². The standard InChI is InChI=1S/C13H26N4O2S/c1-5-7-14-8-9-17-11-12(10-15-17)20(18,19)16-13(3,4)6-2/h10-11,14,16H,5-9H2,1-4H3. The maximum absolute atomic E-state index is 12.2. The lowest BCUT2D eigenvalue weighted by molar-refractivity contribution is 0.439. The molecule has 0 spiro atoms. The van der Waals surface area contributed by atoms with Crippen molar-refractivity contribution in [3.8, 4) is 0 Å². The third kappa shape index (κ3) is 5.22. The Morgan fingerprint density at radius 2 is 2.00 bits per heavy atom. The fourth-order valence-electron chi connectivity index (χ4n) is 1.60. The minimum Gasteiger partial charge on any atom is -0.315 e. The fourth-order valence-corrected chi connectivity index (χ4v) is 3.03. The van der Waals surface area contributed by atoms with Crippen LogP contribution in [0.5, 0.6) is 0 Å². The van der Waals surface area contributed by atoms with Crippen LogP contribution in [0.4, 0.5) is 0 Å². The smallest absolute Gasteiger partial charge is 0.244 e. The van der Waals surface area contributed by atoms with E-state index >= 15 is 0 Å². The molecule has 1 aromatic heterocycles. The highest BCUT2D eigenvalue weighted by atomic mass is 32.2. The summed E-state index contributed by atoms with van der Waals surface area (Å²) in [6.45, 7) is 10.2. The van der Waals surface area contributed by atoms with Gasteiger partial charge in [0.25, 0.3) is 0 Å². The van der Waals surface area contributed by atoms with Gasteiger partial charge >= 0.3 is 0 Å². The first-order valence-corrected chi connectivity index (χ1v) is 8.56. The average Bonchev–Trinajstić information content (AvgIpc) is 2.83. The predicted molar refractivity (Wildman–Crippen MR) is 80.1 cm³/mol. The molecule has 20 heavy (non-hydrogen) atoms. The summed E-state index contributed by atoms with van der Waals surface area (Å²) in [5, 5.41) is 7.35. The summed E-state index contributed by atoms with van der Waals surface area (Å²) in [4.78, 5) is 0.217. The van der Waals surface area contributed by atoms with E-state index in [0.717, 1.165) is 25.9 Å². The highest BCUT2D eigenvalue weighted by molar-refractivity contribution is 7.89. The van der Waals surface area contributed by atoms with Crippen molar-refractivity contribution in [2.75, 3.05) is 13.1 Å². The van der Waals surface area contributed by atoms with Gasteiger partial charge in [0.2, 0.25) is 10.0 Å². The largest absolute Gasteiger partial charge is 0.315 e. The molecule has 0 radical (unpaired) electrons. The first-order chi connectivity index (χ1) is 9.30. The van der Waals surface area contributed by atoms with Gasteiger partial charge in [-0.25, -0.2) is 13.1 Å². The average molecular weight is 302 g/mol. The summed E-state index contributed by atoms with van der Waals surface area (Å²) in [5.41, 5.74) is -0.455. The number of nitrogens with one attached hydrogen (secondary N) is 2. The SMILES string of the molecule is CCCNCCn1cc(S(=O)(=O)NC(C)(C)CC)cn1. The molecule has 0 fully saturated rings. The Hall–Kier alpha value is -0.920. The van der Waals surface area contributed by atoms with E-state index in [2.05, 4.69) is 22.1 Å². The fraction of sp³-hybridized carbons (Fsp3) is 0.769. The van der Waals surface area contributed by atoms with Crippen LogP contribution in [0.2, 0.25) is 0 Å². The van der Waals surface area contributed by atoms with Crippen LogP contribution in [0.15, 0.2) is 17.3 Å². The number of rotatable bonds is 9. The zero-order chi connectivity index (χ0) is 15.2. The molecule has 0 atom stereocenters. The zero-order valence-electron chi connectivity index (χ0n) is 12.8. The van der Waals surface area contributed by atoms with Crippen molar-refractivity contribution in [1.29, 1.82) is 0 Å². The Morgan fingerprint density at radius 1 is 1.30 bits per heavy atom. The zero-order valence-corrected chi connectivity index (χ0v) is 13.6. The van der Waals surface area contributed by atoms with Gasteiger partial charge in [-0.3, -0.25) is 4.68 Å². The van der Waals surface area contributed by atoms with Crippen molar-refractivity contribution in [3.05, 3.63) is 12.4 Å². The van der Waals surface area contributed by atoms with Gasteiger partial charge in [0, 0.05) is 18.3 Å². The first kappa shape index (κ1) is 17.1. The number of hydrogen-bond acceptors (Lipinski definition) is 4. The van der Waals surface area contributed by atoms with Gasteiger partial charge in [-0.15, -0.1) is 0 Å². The summed E-state index contributed by atoms with van der Waals surface area (Å²) < 4.78 is 28.8. The molecule has 1 heterocycles. The first-order valence-electron chi connectivity index (χ1n) is 7.08. The molecule has 0 aliphatic carbocycles. The van der Waals surface area contributed by atoms with Crippen LogP contribution in [0.1, 0.15) is 40.5 Å². The van der Waals surface area contributed by atoms with Crippen molar-refractivity contribution in [2.24, 2.45) is 0 Å². The minimum atomic E-state index is -3.50. The highest BCUT2D eigenvalue weighted by Crippen LogP contribution is 2.14. The minimum absolute atomic E-state index is 0.217. The molecule has 0 saturated carbocycles. The molecule has 0 amide bonds. The van der Waals surface area contributed by atoms with Crippen LogP contribution < -0.4 is 10.0 Å². The molecule has 0 aliphatic heterocycles. The molecule has 1 rings (SSSR count). The molecule has 0 aromatic carbocycles. The van der Waals surface area contributed by atoms with Crippen LogP contribution in [0.25, 0.3) is 0 Å². The molecular weight excluding hydrogens is 276 g/mol. The molecule has 7 heteroatoms. The Kier molecular flexibility index (Phi) is 6.16. The summed E-state index contributed by atoms with van der Waals surface area (Å²) in [6.07, 6.45) is 4.77. The van der Waals surface area contributed by atoms with E-state index in [1.165, 1.54) is 6.20 Å². The Bertz CT molecular complexity index is 508. The van der Waals surface area contributed by atoms with E-state index in [4.69, 9.17) is 0 Å². The van der Waals surface area contributed by atoms with Gasteiger partial charge < -0.3 is 5.32 Å². The van der Waals surface area contributed by atoms with E-state index in [1.807, 2.05) is 20.8 Å². The molecule has 1 aromatic rings. The Balaban J connectivity index is 2.66. The van der Waals surface area contributed by atoms with Gasteiger partial charge in [-0.05, 0) is 33.2 Å². The topological polar surface area (TPSA) is 76.0 Å². The number of nitrogens with zero attached hydrogens (tertiary/aromatic N) is 2. The molecule has 6 nitrogen and oxygen atoms in total.